The Bertz CT molecular complexity index is 330. The molecule has 0 aliphatic rings. The highest BCUT2D eigenvalue weighted by Gasteiger charge is 2.14. The first-order valence-corrected chi connectivity index (χ1v) is 4.94. The molecule has 1 rings (SSSR count). The molecular weight excluding hydrogens is 197 g/mol. The third-order valence-corrected chi connectivity index (χ3v) is 2.08. The van der Waals surface area contributed by atoms with Crippen molar-refractivity contribution in [1.82, 2.24) is 9.97 Å². The number of hydrogen-bond acceptors (Lipinski definition) is 4. The van der Waals surface area contributed by atoms with Crippen molar-refractivity contribution in [1.29, 1.82) is 0 Å². The van der Waals surface area contributed by atoms with Gasteiger partial charge in [0.25, 0.3) is 0 Å². The molecule has 0 aliphatic carbocycles. The van der Waals surface area contributed by atoms with E-state index in [4.69, 9.17) is 0 Å². The zero-order chi connectivity index (χ0) is 11.4. The molecule has 0 aliphatic heterocycles. The van der Waals surface area contributed by atoms with E-state index < -0.39 is 11.9 Å². The summed E-state index contributed by atoms with van der Waals surface area (Å²) in [4.78, 5) is 9.30. The minimum atomic E-state index is -0.519. The third-order valence-electron chi connectivity index (χ3n) is 2.08. The molecule has 5 heteroatoms. The summed E-state index contributed by atoms with van der Waals surface area (Å²) in [6.07, 6.45) is 1.36. The van der Waals surface area contributed by atoms with Crippen molar-refractivity contribution in [2.24, 2.45) is 0 Å². The maximum Gasteiger partial charge on any atom is 0.187 e. The van der Waals surface area contributed by atoms with Gasteiger partial charge in [-0.2, -0.15) is 0 Å². The second-order valence-electron chi connectivity index (χ2n) is 3.54. The first kappa shape index (κ1) is 11.8. The lowest BCUT2D eigenvalue weighted by Crippen LogP contribution is -2.28. The molecule has 84 valence electrons. The quantitative estimate of drug-likeness (QED) is 0.810. The van der Waals surface area contributed by atoms with Crippen LogP contribution in [0.25, 0.3) is 0 Å². The summed E-state index contributed by atoms with van der Waals surface area (Å²) >= 11 is 0. The Morgan fingerprint density at radius 3 is 2.73 bits per heavy atom. The molecule has 0 radical (unpaired) electrons. The van der Waals surface area contributed by atoms with Crippen LogP contribution < -0.4 is 4.90 Å². The van der Waals surface area contributed by atoms with Gasteiger partial charge in [-0.05, 0) is 13.3 Å². The van der Waals surface area contributed by atoms with Crippen LogP contribution >= 0.6 is 0 Å². The van der Waals surface area contributed by atoms with E-state index in [0.717, 1.165) is 0 Å². The van der Waals surface area contributed by atoms with Crippen LogP contribution in [-0.2, 0) is 6.42 Å². The second kappa shape index (κ2) is 5.02. The third kappa shape index (κ3) is 2.86. The van der Waals surface area contributed by atoms with Gasteiger partial charge >= 0.3 is 0 Å². The maximum atomic E-state index is 13.7. The van der Waals surface area contributed by atoms with Crippen LogP contribution in [0.3, 0.4) is 0 Å². The minimum absolute atomic E-state index is 0.239. The number of aryl methyl sites for hydroxylation is 1. The fraction of sp³-hybridized carbons (Fsp3) is 0.600. The van der Waals surface area contributed by atoms with Crippen LogP contribution in [0, 0.1) is 5.82 Å². The topological polar surface area (TPSA) is 49.2 Å². The molecule has 1 unspecified atom stereocenters. The van der Waals surface area contributed by atoms with Crippen molar-refractivity contribution >= 4 is 5.82 Å². The monoisotopic (exact) mass is 213 g/mol. The van der Waals surface area contributed by atoms with E-state index in [2.05, 4.69) is 9.97 Å². The van der Waals surface area contributed by atoms with Gasteiger partial charge in [0.1, 0.15) is 6.33 Å². The molecule has 15 heavy (non-hydrogen) atoms. The van der Waals surface area contributed by atoms with Gasteiger partial charge in [0.05, 0.1) is 11.8 Å². The van der Waals surface area contributed by atoms with Gasteiger partial charge in [-0.1, -0.05) is 6.92 Å². The highest BCUT2D eigenvalue weighted by Crippen LogP contribution is 2.16. The zero-order valence-electron chi connectivity index (χ0n) is 9.24. The number of aromatic nitrogens is 2. The van der Waals surface area contributed by atoms with Gasteiger partial charge in [-0.3, -0.25) is 0 Å². The van der Waals surface area contributed by atoms with E-state index in [1.54, 1.807) is 18.9 Å². The van der Waals surface area contributed by atoms with Crippen LogP contribution in [0.2, 0.25) is 0 Å². The Hall–Kier alpha value is -1.23. The van der Waals surface area contributed by atoms with Crippen LogP contribution in [-0.4, -0.2) is 34.8 Å². The van der Waals surface area contributed by atoms with E-state index in [9.17, 15) is 9.50 Å². The first-order valence-electron chi connectivity index (χ1n) is 4.94. The normalized spacial score (nSPS) is 12.6. The predicted octanol–water partition coefficient (Wildman–Crippen LogP) is 0.995. The highest BCUT2D eigenvalue weighted by molar-refractivity contribution is 5.40. The molecule has 0 fully saturated rings. The zero-order valence-corrected chi connectivity index (χ0v) is 9.24. The van der Waals surface area contributed by atoms with E-state index in [1.165, 1.54) is 6.33 Å². The van der Waals surface area contributed by atoms with Crippen molar-refractivity contribution in [3.05, 3.63) is 17.8 Å². The van der Waals surface area contributed by atoms with Crippen molar-refractivity contribution in [2.75, 3.05) is 18.5 Å². The fourth-order valence-electron chi connectivity index (χ4n) is 1.39. The molecule has 1 aromatic heterocycles. The lowest BCUT2D eigenvalue weighted by Gasteiger charge is -2.20. The molecule has 0 spiro atoms. The predicted molar refractivity (Wildman–Crippen MR) is 56.3 cm³/mol. The lowest BCUT2D eigenvalue weighted by molar-refractivity contribution is 0.201. The van der Waals surface area contributed by atoms with E-state index in [0.29, 0.717) is 18.7 Å². The summed E-state index contributed by atoms with van der Waals surface area (Å²) in [6, 6.07) is 0. The molecule has 0 amide bonds. The molecule has 1 heterocycles. The number of rotatable bonds is 4. The van der Waals surface area contributed by atoms with Crippen LogP contribution in [0.4, 0.5) is 10.2 Å². The fourth-order valence-corrected chi connectivity index (χ4v) is 1.39. The molecule has 1 aromatic rings. The number of nitrogens with zero attached hydrogens (tertiary/aromatic N) is 3. The van der Waals surface area contributed by atoms with E-state index in [1.807, 2.05) is 6.92 Å². The molecule has 1 atom stereocenters. The molecular formula is C10H16FN3O. The summed E-state index contributed by atoms with van der Waals surface area (Å²) in [7, 11) is 1.69. The Labute approximate surface area is 88.8 Å². The molecule has 0 saturated heterocycles. The summed E-state index contributed by atoms with van der Waals surface area (Å²) < 4.78 is 13.7. The van der Waals surface area contributed by atoms with Gasteiger partial charge in [0.15, 0.2) is 11.6 Å². The van der Waals surface area contributed by atoms with Gasteiger partial charge < -0.3 is 10.0 Å². The molecule has 0 saturated carbocycles. The van der Waals surface area contributed by atoms with Crippen LogP contribution in [0.15, 0.2) is 6.33 Å². The summed E-state index contributed by atoms with van der Waals surface area (Å²) in [5.74, 6) is -0.161. The van der Waals surface area contributed by atoms with Gasteiger partial charge in [-0.25, -0.2) is 14.4 Å². The number of anilines is 1. The Balaban J connectivity index is 2.93. The Morgan fingerprint density at radius 2 is 2.20 bits per heavy atom. The minimum Gasteiger partial charge on any atom is -0.392 e. The number of aliphatic hydroxyl groups excluding tert-OH is 1. The average molecular weight is 213 g/mol. The van der Waals surface area contributed by atoms with Crippen molar-refractivity contribution < 1.29 is 9.50 Å². The number of likely N-dealkylation sites (N-methyl/N-ethyl adjacent to an activating group) is 1. The summed E-state index contributed by atoms with van der Waals surface area (Å²) in [5.41, 5.74) is 0.400. The van der Waals surface area contributed by atoms with E-state index in [-0.39, 0.29) is 5.82 Å². The van der Waals surface area contributed by atoms with Crippen LogP contribution in [0.1, 0.15) is 19.5 Å². The molecule has 4 nitrogen and oxygen atoms in total. The van der Waals surface area contributed by atoms with Gasteiger partial charge in [-0.15, -0.1) is 0 Å². The Morgan fingerprint density at radius 1 is 1.53 bits per heavy atom. The standard InChI is InChI=1S/C10H16FN3O/c1-4-8-9(11)10(13-6-12-8)14(3)5-7(2)15/h6-7,15H,4-5H2,1-3H3. The number of aliphatic hydroxyl groups is 1. The first-order chi connectivity index (χ1) is 7.06. The largest absolute Gasteiger partial charge is 0.392 e. The highest BCUT2D eigenvalue weighted by atomic mass is 19.1. The van der Waals surface area contributed by atoms with Crippen LogP contribution in [0.5, 0.6) is 0 Å². The second-order valence-corrected chi connectivity index (χ2v) is 3.54. The summed E-state index contributed by atoms with van der Waals surface area (Å²) in [6.45, 7) is 3.83. The van der Waals surface area contributed by atoms with Gasteiger partial charge in [0, 0.05) is 13.6 Å². The average Bonchev–Trinajstić information content (AvgIpc) is 2.17. The smallest absolute Gasteiger partial charge is 0.187 e. The van der Waals surface area contributed by atoms with Crippen molar-refractivity contribution in [3.8, 4) is 0 Å². The molecule has 0 bridgehead atoms. The summed E-state index contributed by atoms with van der Waals surface area (Å²) in [5, 5.41) is 9.19. The number of hydrogen-bond donors (Lipinski definition) is 1. The van der Waals surface area contributed by atoms with E-state index >= 15 is 0 Å². The van der Waals surface area contributed by atoms with Gasteiger partial charge in [0.2, 0.25) is 0 Å². The molecule has 0 aromatic carbocycles. The van der Waals surface area contributed by atoms with Crippen molar-refractivity contribution in [3.63, 3.8) is 0 Å². The lowest BCUT2D eigenvalue weighted by atomic mass is 10.3. The SMILES string of the molecule is CCc1ncnc(N(C)CC(C)O)c1F. The maximum absolute atomic E-state index is 13.7. The Kier molecular flexibility index (Phi) is 3.96. The molecule has 1 N–H and O–H groups in total. The van der Waals surface area contributed by atoms with Crippen molar-refractivity contribution in [2.45, 2.75) is 26.4 Å². The number of halogens is 1.